The van der Waals surface area contributed by atoms with Crippen molar-refractivity contribution in [3.05, 3.63) is 63.9 Å². The zero-order valence-electron chi connectivity index (χ0n) is 9.99. The highest BCUT2D eigenvalue weighted by Gasteiger charge is 2.06. The minimum atomic E-state index is -0.290. The molecule has 2 aromatic rings. The maximum atomic E-state index is 13.4. The molecule has 5 heteroatoms. The Morgan fingerprint density at radius 2 is 2.00 bits per heavy atom. The van der Waals surface area contributed by atoms with E-state index < -0.39 is 0 Å². The Balaban J connectivity index is 2.11. The number of nitrogens with one attached hydrogen (secondary N) is 1. The number of hydrogen-bond donors (Lipinski definition) is 2. The molecule has 0 saturated carbocycles. The molecule has 0 bridgehead atoms. The predicted octanol–water partition coefficient (Wildman–Crippen LogP) is 3.45. The summed E-state index contributed by atoms with van der Waals surface area (Å²) in [4.78, 5) is 0. The molecule has 0 atom stereocenters. The number of amidine groups is 1. The highest BCUT2D eigenvalue weighted by atomic mass is 79.9. The summed E-state index contributed by atoms with van der Waals surface area (Å²) in [6.45, 7) is 0.151. The van der Waals surface area contributed by atoms with Gasteiger partial charge in [0, 0.05) is 15.6 Å². The van der Waals surface area contributed by atoms with Gasteiger partial charge in [0.25, 0.3) is 0 Å². The van der Waals surface area contributed by atoms with Crippen molar-refractivity contribution < 1.29 is 9.13 Å². The van der Waals surface area contributed by atoms with Gasteiger partial charge in [0.15, 0.2) is 0 Å². The van der Waals surface area contributed by atoms with Crippen LogP contribution < -0.4 is 10.5 Å². The highest BCUT2D eigenvalue weighted by molar-refractivity contribution is 9.10. The van der Waals surface area contributed by atoms with Gasteiger partial charge in [-0.05, 0) is 40.2 Å². The number of hydrogen-bond acceptors (Lipinski definition) is 2. The van der Waals surface area contributed by atoms with Crippen molar-refractivity contribution in [1.29, 1.82) is 5.41 Å². The summed E-state index contributed by atoms with van der Waals surface area (Å²) in [7, 11) is 0. The van der Waals surface area contributed by atoms with Crippen molar-refractivity contribution in [3.63, 3.8) is 0 Å². The van der Waals surface area contributed by atoms with Gasteiger partial charge in [0.1, 0.15) is 24.0 Å². The molecule has 0 unspecified atom stereocenters. The topological polar surface area (TPSA) is 59.1 Å². The van der Waals surface area contributed by atoms with Gasteiger partial charge in [0.05, 0.1) is 0 Å². The van der Waals surface area contributed by atoms with Crippen LogP contribution >= 0.6 is 15.9 Å². The molecular weight excluding hydrogens is 311 g/mol. The SMILES string of the molecule is N=C(N)c1ccc(OCc2ccccc2F)cc1Br. The molecule has 0 heterocycles. The van der Waals surface area contributed by atoms with Crippen LogP contribution in [0.5, 0.6) is 5.75 Å². The Hall–Kier alpha value is -1.88. The standard InChI is InChI=1S/C14H12BrFN2O/c15-12-7-10(5-6-11(12)14(17)18)19-8-9-3-1-2-4-13(9)16/h1-7H,8H2,(H3,17,18). The van der Waals surface area contributed by atoms with Gasteiger partial charge < -0.3 is 10.5 Å². The number of rotatable bonds is 4. The van der Waals surface area contributed by atoms with Crippen molar-refractivity contribution in [3.8, 4) is 5.75 Å². The fourth-order valence-corrected chi connectivity index (χ4v) is 2.15. The van der Waals surface area contributed by atoms with Crippen LogP contribution in [0.1, 0.15) is 11.1 Å². The van der Waals surface area contributed by atoms with Crippen molar-refractivity contribution in [2.75, 3.05) is 0 Å². The van der Waals surface area contributed by atoms with Crippen LogP contribution in [-0.4, -0.2) is 5.84 Å². The Kier molecular flexibility index (Phi) is 4.16. The third kappa shape index (κ3) is 3.32. The normalized spacial score (nSPS) is 10.2. The van der Waals surface area contributed by atoms with Gasteiger partial charge in [-0.15, -0.1) is 0 Å². The van der Waals surface area contributed by atoms with Crippen molar-refractivity contribution >= 4 is 21.8 Å². The van der Waals surface area contributed by atoms with E-state index in [-0.39, 0.29) is 18.3 Å². The molecular formula is C14H12BrFN2O. The van der Waals surface area contributed by atoms with Crippen LogP contribution in [-0.2, 0) is 6.61 Å². The smallest absolute Gasteiger partial charge is 0.129 e. The van der Waals surface area contributed by atoms with E-state index in [1.54, 1.807) is 36.4 Å². The first kappa shape index (κ1) is 13.5. The number of halogens is 2. The quantitative estimate of drug-likeness (QED) is 0.669. The van der Waals surface area contributed by atoms with Gasteiger partial charge in [0.2, 0.25) is 0 Å². The largest absolute Gasteiger partial charge is 0.489 e. The van der Waals surface area contributed by atoms with E-state index in [0.29, 0.717) is 21.3 Å². The van der Waals surface area contributed by atoms with Crippen LogP contribution in [0.3, 0.4) is 0 Å². The zero-order chi connectivity index (χ0) is 13.8. The molecule has 19 heavy (non-hydrogen) atoms. The van der Waals surface area contributed by atoms with E-state index in [2.05, 4.69) is 15.9 Å². The first-order valence-corrected chi connectivity index (χ1v) is 6.37. The van der Waals surface area contributed by atoms with Gasteiger partial charge in [-0.3, -0.25) is 5.41 Å². The highest BCUT2D eigenvalue weighted by Crippen LogP contribution is 2.23. The zero-order valence-corrected chi connectivity index (χ0v) is 11.6. The molecule has 2 aromatic carbocycles. The summed E-state index contributed by atoms with van der Waals surface area (Å²) >= 11 is 3.31. The predicted molar refractivity (Wildman–Crippen MR) is 75.9 cm³/mol. The van der Waals surface area contributed by atoms with Crippen LogP contribution in [0.4, 0.5) is 4.39 Å². The third-order valence-electron chi connectivity index (χ3n) is 2.58. The van der Waals surface area contributed by atoms with Gasteiger partial charge in [-0.1, -0.05) is 18.2 Å². The second-order valence-corrected chi connectivity index (χ2v) is 4.79. The first-order chi connectivity index (χ1) is 9.08. The van der Waals surface area contributed by atoms with Crippen molar-refractivity contribution in [2.45, 2.75) is 6.61 Å². The number of benzene rings is 2. The molecule has 2 rings (SSSR count). The lowest BCUT2D eigenvalue weighted by molar-refractivity contribution is 0.299. The molecule has 98 valence electrons. The minimum Gasteiger partial charge on any atom is -0.489 e. The molecule has 0 fully saturated rings. The molecule has 0 spiro atoms. The summed E-state index contributed by atoms with van der Waals surface area (Å²) in [6, 6.07) is 11.6. The fraction of sp³-hybridized carbons (Fsp3) is 0.0714. The maximum absolute atomic E-state index is 13.4. The van der Waals surface area contributed by atoms with Crippen LogP contribution in [0.25, 0.3) is 0 Å². The average molecular weight is 323 g/mol. The van der Waals surface area contributed by atoms with Gasteiger partial charge in [-0.25, -0.2) is 4.39 Å². The molecule has 3 nitrogen and oxygen atoms in total. The minimum absolute atomic E-state index is 0.0208. The number of nitrogen functional groups attached to an aromatic ring is 1. The summed E-state index contributed by atoms with van der Waals surface area (Å²) in [6.07, 6.45) is 0. The Bertz CT molecular complexity index is 616. The van der Waals surface area contributed by atoms with E-state index in [1.807, 2.05) is 0 Å². The molecule has 0 aromatic heterocycles. The average Bonchev–Trinajstić information content (AvgIpc) is 2.37. The van der Waals surface area contributed by atoms with Gasteiger partial charge >= 0.3 is 0 Å². The maximum Gasteiger partial charge on any atom is 0.129 e. The lowest BCUT2D eigenvalue weighted by Crippen LogP contribution is -2.11. The molecule has 0 aliphatic rings. The summed E-state index contributed by atoms with van der Waals surface area (Å²) < 4.78 is 19.6. The molecule has 0 aliphatic heterocycles. The summed E-state index contributed by atoms with van der Waals surface area (Å²) in [5.74, 6) is 0.273. The second kappa shape index (κ2) is 5.84. The number of nitrogens with two attached hydrogens (primary N) is 1. The van der Waals surface area contributed by atoms with Crippen LogP contribution in [0, 0.1) is 11.2 Å². The monoisotopic (exact) mass is 322 g/mol. The van der Waals surface area contributed by atoms with Crippen LogP contribution in [0.15, 0.2) is 46.9 Å². The van der Waals surface area contributed by atoms with E-state index in [9.17, 15) is 4.39 Å². The van der Waals surface area contributed by atoms with Crippen LogP contribution in [0.2, 0.25) is 0 Å². The Labute approximate surface area is 118 Å². The Morgan fingerprint density at radius 3 is 2.63 bits per heavy atom. The lowest BCUT2D eigenvalue weighted by atomic mass is 10.2. The third-order valence-corrected chi connectivity index (χ3v) is 3.24. The molecule has 3 N–H and O–H groups in total. The molecule has 0 radical (unpaired) electrons. The fourth-order valence-electron chi connectivity index (χ4n) is 1.58. The first-order valence-electron chi connectivity index (χ1n) is 5.58. The lowest BCUT2D eigenvalue weighted by Gasteiger charge is -2.09. The van der Waals surface area contributed by atoms with Gasteiger partial charge in [-0.2, -0.15) is 0 Å². The Morgan fingerprint density at radius 1 is 1.26 bits per heavy atom. The summed E-state index contributed by atoms with van der Waals surface area (Å²) in [5, 5.41) is 7.37. The number of ether oxygens (including phenoxy) is 1. The summed E-state index contributed by atoms with van der Waals surface area (Å²) in [5.41, 5.74) is 6.50. The molecule has 0 amide bonds. The van der Waals surface area contributed by atoms with E-state index >= 15 is 0 Å². The molecule has 0 saturated heterocycles. The van der Waals surface area contributed by atoms with E-state index in [4.69, 9.17) is 15.9 Å². The van der Waals surface area contributed by atoms with Crippen molar-refractivity contribution in [2.24, 2.45) is 5.73 Å². The molecule has 0 aliphatic carbocycles. The van der Waals surface area contributed by atoms with E-state index in [1.165, 1.54) is 6.07 Å². The van der Waals surface area contributed by atoms with E-state index in [0.717, 1.165) is 0 Å². The second-order valence-electron chi connectivity index (χ2n) is 3.94. The van der Waals surface area contributed by atoms with Crippen molar-refractivity contribution in [1.82, 2.24) is 0 Å².